The van der Waals surface area contributed by atoms with Crippen molar-refractivity contribution in [2.75, 3.05) is 36.5 Å². The highest BCUT2D eigenvalue weighted by Gasteiger charge is 2.33. The second kappa shape index (κ2) is 6.97. The van der Waals surface area contributed by atoms with Crippen LogP contribution in [0.15, 0.2) is 29.2 Å². The van der Waals surface area contributed by atoms with Gasteiger partial charge in [0.1, 0.15) is 0 Å². The third-order valence-electron chi connectivity index (χ3n) is 6.58. The molecule has 9 nitrogen and oxygen atoms in total. The fraction of sp³-hybridized carbons (Fsp3) is 0.364. The van der Waals surface area contributed by atoms with Gasteiger partial charge in [-0.3, -0.25) is 19.7 Å². The predicted molar refractivity (Wildman–Crippen MR) is 118 cm³/mol. The minimum atomic E-state index is -0.410. The minimum Gasteiger partial charge on any atom is -0.364 e. The molecule has 0 aromatic rings. The van der Waals surface area contributed by atoms with Gasteiger partial charge in [0.25, 0.3) is 11.3 Å². The molecule has 1 aliphatic carbocycles. The monoisotopic (exact) mass is 421 g/mol. The van der Waals surface area contributed by atoms with E-state index in [9.17, 15) is 19.7 Å². The summed E-state index contributed by atoms with van der Waals surface area (Å²) in [5, 5.41) is 12.9. The van der Waals surface area contributed by atoms with Gasteiger partial charge in [0.2, 0.25) is 5.91 Å². The summed E-state index contributed by atoms with van der Waals surface area (Å²) in [6, 6.07) is 3.89. The Kier molecular flexibility index (Phi) is 4.35. The minimum absolute atomic E-state index is 0.0248. The quantitative estimate of drug-likeness (QED) is 0.558. The van der Waals surface area contributed by atoms with Gasteiger partial charge < -0.3 is 19.7 Å². The average molecular weight is 421 g/mol. The molecule has 1 saturated heterocycles. The number of likely N-dealkylation sites (tertiary alicyclic amines) is 1. The first-order chi connectivity index (χ1) is 14.9. The number of fused-ring (bicyclic) bond motifs is 2. The van der Waals surface area contributed by atoms with Crippen LogP contribution in [0.1, 0.15) is 19.8 Å². The molecule has 9 heteroatoms. The number of anilines is 2. The molecule has 0 bridgehead atoms. The van der Waals surface area contributed by atoms with Gasteiger partial charge in [-0.1, -0.05) is 0 Å². The summed E-state index contributed by atoms with van der Waals surface area (Å²) >= 11 is 0. The van der Waals surface area contributed by atoms with E-state index in [1.54, 1.807) is 31.1 Å². The fourth-order valence-electron chi connectivity index (χ4n) is 5.04. The van der Waals surface area contributed by atoms with E-state index >= 15 is 0 Å². The maximum absolute atomic E-state index is 13.0. The van der Waals surface area contributed by atoms with Crippen LogP contribution in [0.25, 0.3) is 22.9 Å². The molecule has 0 aromatic carbocycles. The van der Waals surface area contributed by atoms with Crippen molar-refractivity contribution in [3.63, 3.8) is 0 Å². The maximum atomic E-state index is 13.0. The highest BCUT2D eigenvalue weighted by molar-refractivity contribution is 5.91. The topological polar surface area (TPSA) is 103 Å². The zero-order valence-corrected chi connectivity index (χ0v) is 17.4. The van der Waals surface area contributed by atoms with E-state index in [1.807, 2.05) is 17.0 Å². The summed E-state index contributed by atoms with van der Waals surface area (Å²) in [5.41, 5.74) is 2.45. The van der Waals surface area contributed by atoms with Crippen molar-refractivity contribution in [1.82, 2.24) is 9.88 Å². The number of hydrogen-bond acceptors (Lipinski definition) is 6. The van der Waals surface area contributed by atoms with E-state index in [0.29, 0.717) is 36.1 Å². The van der Waals surface area contributed by atoms with E-state index in [0.717, 1.165) is 29.4 Å². The van der Waals surface area contributed by atoms with Gasteiger partial charge >= 0.3 is 0 Å². The second-order valence-electron chi connectivity index (χ2n) is 8.26. The number of rotatable bonds is 2. The highest BCUT2D eigenvalue weighted by Crippen LogP contribution is 2.36. The first-order valence-electron chi connectivity index (χ1n) is 10.4. The molecular formula is C22H23N5O4. The predicted octanol–water partition coefficient (Wildman–Crippen LogP) is 0.440. The van der Waals surface area contributed by atoms with Crippen molar-refractivity contribution in [3.05, 3.63) is 55.4 Å². The van der Waals surface area contributed by atoms with Gasteiger partial charge in [0.05, 0.1) is 21.4 Å². The van der Waals surface area contributed by atoms with Crippen LogP contribution in [-0.2, 0) is 4.79 Å². The number of amides is 1. The molecule has 0 unspecified atom stereocenters. The molecule has 31 heavy (non-hydrogen) atoms. The molecule has 1 amide bonds. The normalized spacial score (nSPS) is 18.3. The summed E-state index contributed by atoms with van der Waals surface area (Å²) < 4.78 is 0. The summed E-state index contributed by atoms with van der Waals surface area (Å²) in [6.07, 6.45) is 6.77. The van der Waals surface area contributed by atoms with Crippen LogP contribution in [0.4, 0.5) is 11.4 Å². The second-order valence-corrected chi connectivity index (χ2v) is 8.26. The number of nitro groups is 1. The molecule has 4 heterocycles. The van der Waals surface area contributed by atoms with Crippen LogP contribution in [0.2, 0.25) is 0 Å². The van der Waals surface area contributed by atoms with Crippen molar-refractivity contribution in [1.29, 1.82) is 0 Å². The van der Waals surface area contributed by atoms with E-state index in [4.69, 9.17) is 0 Å². The third-order valence-corrected chi connectivity index (χ3v) is 6.58. The fourth-order valence-corrected chi connectivity index (χ4v) is 5.04. The number of aromatic nitrogens is 1. The van der Waals surface area contributed by atoms with Crippen LogP contribution in [0, 0.1) is 10.1 Å². The van der Waals surface area contributed by atoms with E-state index in [2.05, 4.69) is 9.88 Å². The summed E-state index contributed by atoms with van der Waals surface area (Å²) in [7, 11) is 1.79. The molecule has 5 aliphatic rings. The zero-order chi connectivity index (χ0) is 21.9. The van der Waals surface area contributed by atoms with Gasteiger partial charge in [-0.05, 0) is 31.1 Å². The molecule has 0 spiro atoms. The highest BCUT2D eigenvalue weighted by atomic mass is 16.6. The number of aromatic amines is 1. The zero-order valence-electron chi connectivity index (χ0n) is 17.4. The van der Waals surface area contributed by atoms with Crippen LogP contribution in [0.3, 0.4) is 0 Å². The number of nitrogens with one attached hydrogen (secondary N) is 1. The Morgan fingerprint density at radius 3 is 2.65 bits per heavy atom. The first kappa shape index (κ1) is 19.3. The van der Waals surface area contributed by atoms with Crippen LogP contribution in [-0.4, -0.2) is 53.4 Å². The molecule has 1 fully saturated rings. The molecule has 4 aliphatic heterocycles. The number of piperidine rings is 1. The summed E-state index contributed by atoms with van der Waals surface area (Å²) in [6.45, 7) is 3.64. The Balaban J connectivity index is 1.70. The van der Waals surface area contributed by atoms with E-state index in [-0.39, 0.29) is 23.2 Å². The van der Waals surface area contributed by atoms with Crippen LogP contribution < -0.4 is 25.9 Å². The smallest absolute Gasteiger partial charge is 0.280 e. The Morgan fingerprint density at radius 1 is 1.23 bits per heavy atom. The van der Waals surface area contributed by atoms with Crippen molar-refractivity contribution >= 4 is 29.1 Å². The van der Waals surface area contributed by atoms with E-state index < -0.39 is 4.92 Å². The number of hydrogen-bond donors (Lipinski definition) is 1. The lowest BCUT2D eigenvalue weighted by Gasteiger charge is -2.40. The van der Waals surface area contributed by atoms with Gasteiger partial charge in [-0.15, -0.1) is 0 Å². The molecule has 160 valence electrons. The molecular weight excluding hydrogens is 398 g/mol. The van der Waals surface area contributed by atoms with Crippen molar-refractivity contribution in [3.8, 4) is 11.1 Å². The standard InChI is InChI=1S/C22H23N5O4/c1-13(28)25-10-5-14(6-11-25)26-12-7-16-19-18(26)4-3-15-17(27(30)31)8-9-24(2)21(15)20(19)22(29)23-16/h3-4,7-9,14H,5-6,10-12H2,1-2H3,(H,23,29). The Bertz CT molecular complexity index is 1290. The van der Waals surface area contributed by atoms with Gasteiger partial charge in [0.15, 0.2) is 0 Å². The van der Waals surface area contributed by atoms with Crippen LogP contribution >= 0.6 is 0 Å². The molecule has 1 N–H and O–H groups in total. The number of carbonyl (C=O) groups excluding carboxylic acids is 1. The van der Waals surface area contributed by atoms with Gasteiger partial charge in [-0.25, -0.2) is 0 Å². The molecule has 0 atom stereocenters. The number of carbonyl (C=O) groups is 1. The largest absolute Gasteiger partial charge is 0.364 e. The Labute approximate surface area is 178 Å². The maximum Gasteiger partial charge on any atom is 0.280 e. The van der Waals surface area contributed by atoms with Crippen LogP contribution in [0.5, 0.6) is 0 Å². The third kappa shape index (κ3) is 2.91. The summed E-state index contributed by atoms with van der Waals surface area (Å²) in [4.78, 5) is 44.8. The summed E-state index contributed by atoms with van der Waals surface area (Å²) in [5.74, 6) is 0.0899. The molecule has 0 radical (unpaired) electrons. The molecule has 0 aromatic heterocycles. The lowest BCUT2D eigenvalue weighted by atomic mass is 9.98. The van der Waals surface area contributed by atoms with Gasteiger partial charge in [0, 0.05) is 68.5 Å². The van der Waals surface area contributed by atoms with Crippen molar-refractivity contribution in [2.24, 2.45) is 0 Å². The Morgan fingerprint density at radius 2 is 1.97 bits per heavy atom. The van der Waals surface area contributed by atoms with Crippen molar-refractivity contribution in [2.45, 2.75) is 25.8 Å². The Hall–Kier alpha value is -3.62. The lowest BCUT2D eigenvalue weighted by molar-refractivity contribution is -0.375. The SMILES string of the molecule is CC(=O)N1CCC(N2CC=c3[nH]c(=O)c4c5c(ccc2c3-4)=C([N+](=O)[O-])C=CN5C)CC1. The molecule has 0 saturated carbocycles. The lowest BCUT2D eigenvalue weighted by Crippen LogP contribution is -2.47. The van der Waals surface area contributed by atoms with Gasteiger partial charge in [-0.2, -0.15) is 0 Å². The number of H-pyrrole nitrogens is 1. The first-order valence-corrected chi connectivity index (χ1v) is 10.4. The van der Waals surface area contributed by atoms with Crippen molar-refractivity contribution < 1.29 is 9.72 Å². The van der Waals surface area contributed by atoms with E-state index in [1.165, 1.54) is 6.08 Å². The average Bonchev–Trinajstić information content (AvgIpc) is 2.95. The number of nitrogens with zero attached hydrogens (tertiary/aromatic N) is 4. The molecule has 5 rings (SSSR count).